The number of benzene rings is 1. The summed E-state index contributed by atoms with van der Waals surface area (Å²) in [4.78, 5) is 15.8. The maximum atomic E-state index is 11.4. The molecule has 0 radical (unpaired) electrons. The number of rotatable bonds is 4. The molecule has 2 aromatic rings. The van der Waals surface area contributed by atoms with Crippen LogP contribution in [0.5, 0.6) is 0 Å². The smallest absolute Gasteiger partial charge is 0.411 e. The number of nitrogens with zero attached hydrogens (tertiary/aromatic N) is 1. The summed E-state index contributed by atoms with van der Waals surface area (Å²) in [5, 5.41) is 8.50. The number of thiazole rings is 1. The topological polar surface area (TPSA) is 63.2 Å². The van der Waals surface area contributed by atoms with Crippen molar-refractivity contribution in [2.75, 3.05) is 24.3 Å². The molecule has 0 unspecified atom stereocenters. The molecule has 0 bridgehead atoms. The molecule has 1 heterocycles. The van der Waals surface area contributed by atoms with Crippen LogP contribution in [0.15, 0.2) is 29.6 Å². The second kappa shape index (κ2) is 7.86. The average molecular weight is 358 g/mol. The van der Waals surface area contributed by atoms with E-state index < -0.39 is 6.09 Å². The van der Waals surface area contributed by atoms with Crippen LogP contribution in [0.3, 0.4) is 0 Å². The molecule has 0 spiro atoms. The summed E-state index contributed by atoms with van der Waals surface area (Å²) < 4.78 is 4.84. The Morgan fingerprint density at radius 2 is 2.25 bits per heavy atom. The average Bonchev–Trinajstić information content (AvgIpc) is 2.88. The van der Waals surface area contributed by atoms with E-state index in [1.54, 1.807) is 6.92 Å². The normalized spacial score (nSPS) is 9.50. The monoisotopic (exact) mass is 357 g/mol. The number of halogens is 1. The third kappa shape index (κ3) is 4.21. The highest BCUT2D eigenvalue weighted by Gasteiger charge is 2.06. The van der Waals surface area contributed by atoms with Gasteiger partial charge in [0.2, 0.25) is 0 Å². The fourth-order valence-electron chi connectivity index (χ4n) is 1.56. The molecule has 0 aliphatic heterocycles. The SMILES string of the molecule is Br.CCOC(=O)Nc1cccc(-c2csc(NC)n2)c1. The van der Waals surface area contributed by atoms with E-state index in [4.69, 9.17) is 4.74 Å². The molecule has 1 aromatic heterocycles. The Kier molecular flexibility index (Phi) is 6.47. The summed E-state index contributed by atoms with van der Waals surface area (Å²) in [6.07, 6.45) is -0.450. The van der Waals surface area contributed by atoms with E-state index in [2.05, 4.69) is 15.6 Å². The second-order valence-corrected chi connectivity index (χ2v) is 4.57. The summed E-state index contributed by atoms with van der Waals surface area (Å²) in [6.45, 7) is 2.12. The van der Waals surface area contributed by atoms with Crippen molar-refractivity contribution in [1.29, 1.82) is 0 Å². The fourth-order valence-corrected chi connectivity index (χ4v) is 2.24. The van der Waals surface area contributed by atoms with Gasteiger partial charge < -0.3 is 10.1 Å². The number of amides is 1. The van der Waals surface area contributed by atoms with Crippen molar-refractivity contribution in [2.24, 2.45) is 0 Å². The van der Waals surface area contributed by atoms with E-state index in [9.17, 15) is 4.79 Å². The molecule has 7 heteroatoms. The van der Waals surface area contributed by atoms with Gasteiger partial charge in [-0.15, -0.1) is 28.3 Å². The van der Waals surface area contributed by atoms with Crippen LogP contribution in [-0.2, 0) is 4.74 Å². The van der Waals surface area contributed by atoms with Gasteiger partial charge in [0.05, 0.1) is 12.3 Å². The Bertz CT molecular complexity index is 574. The van der Waals surface area contributed by atoms with Gasteiger partial charge in [-0.25, -0.2) is 9.78 Å². The Labute approximate surface area is 132 Å². The number of nitrogens with one attached hydrogen (secondary N) is 2. The number of carbonyl (C=O) groups is 1. The molecule has 0 saturated heterocycles. The third-order valence-corrected chi connectivity index (χ3v) is 3.26. The maximum Gasteiger partial charge on any atom is 0.411 e. The zero-order valence-corrected chi connectivity index (χ0v) is 13.7. The zero-order valence-electron chi connectivity index (χ0n) is 11.2. The first kappa shape index (κ1) is 16.5. The molecule has 0 aliphatic rings. The fraction of sp³-hybridized carbons (Fsp3) is 0.231. The van der Waals surface area contributed by atoms with Gasteiger partial charge in [0, 0.05) is 23.7 Å². The number of carbonyl (C=O) groups excluding carboxylic acids is 1. The minimum atomic E-state index is -0.450. The number of ether oxygens (including phenoxy) is 1. The van der Waals surface area contributed by atoms with Gasteiger partial charge in [-0.3, -0.25) is 5.32 Å². The van der Waals surface area contributed by atoms with Crippen molar-refractivity contribution in [3.63, 3.8) is 0 Å². The highest BCUT2D eigenvalue weighted by Crippen LogP contribution is 2.26. The van der Waals surface area contributed by atoms with Crippen LogP contribution in [0.4, 0.5) is 15.6 Å². The molecular formula is C13H16BrN3O2S. The highest BCUT2D eigenvalue weighted by molar-refractivity contribution is 8.93. The standard InChI is InChI=1S/C13H15N3O2S.BrH/c1-3-18-13(17)15-10-6-4-5-9(7-10)11-8-19-12(14-2)16-11;/h4-8H,3H2,1-2H3,(H,14,16)(H,15,17);1H. The predicted octanol–water partition coefficient (Wildman–Crippen LogP) is 4.00. The third-order valence-electron chi connectivity index (χ3n) is 2.40. The minimum Gasteiger partial charge on any atom is -0.450 e. The van der Waals surface area contributed by atoms with E-state index in [0.717, 1.165) is 16.4 Å². The van der Waals surface area contributed by atoms with E-state index in [1.165, 1.54) is 11.3 Å². The van der Waals surface area contributed by atoms with Gasteiger partial charge in [-0.2, -0.15) is 0 Å². The first-order valence-corrected chi connectivity index (χ1v) is 6.78. The second-order valence-electron chi connectivity index (χ2n) is 3.71. The highest BCUT2D eigenvalue weighted by atomic mass is 79.9. The lowest BCUT2D eigenvalue weighted by atomic mass is 10.1. The molecule has 1 aromatic carbocycles. The summed E-state index contributed by atoms with van der Waals surface area (Å²) in [7, 11) is 1.83. The van der Waals surface area contributed by atoms with Gasteiger partial charge >= 0.3 is 6.09 Å². The minimum absolute atomic E-state index is 0. The van der Waals surface area contributed by atoms with Crippen LogP contribution in [0.25, 0.3) is 11.3 Å². The van der Waals surface area contributed by atoms with Crippen LogP contribution in [-0.4, -0.2) is 24.7 Å². The van der Waals surface area contributed by atoms with Crippen LogP contribution in [0.2, 0.25) is 0 Å². The molecule has 0 aliphatic carbocycles. The Morgan fingerprint density at radius 1 is 1.45 bits per heavy atom. The van der Waals surface area contributed by atoms with E-state index in [-0.39, 0.29) is 17.0 Å². The summed E-state index contributed by atoms with van der Waals surface area (Å²) >= 11 is 1.54. The van der Waals surface area contributed by atoms with Gasteiger partial charge in [0.1, 0.15) is 0 Å². The molecule has 108 valence electrons. The Balaban J connectivity index is 0.00000200. The summed E-state index contributed by atoms with van der Waals surface area (Å²) in [5.74, 6) is 0. The predicted molar refractivity (Wildman–Crippen MR) is 88.1 cm³/mol. The molecular weight excluding hydrogens is 342 g/mol. The van der Waals surface area contributed by atoms with Crippen molar-refractivity contribution < 1.29 is 9.53 Å². The van der Waals surface area contributed by atoms with Crippen molar-refractivity contribution in [1.82, 2.24) is 4.98 Å². The molecule has 0 atom stereocenters. The van der Waals surface area contributed by atoms with Crippen molar-refractivity contribution >= 4 is 45.2 Å². The Hall–Kier alpha value is -1.60. The summed E-state index contributed by atoms with van der Waals surface area (Å²) in [5.41, 5.74) is 2.52. The molecule has 2 N–H and O–H groups in total. The number of hydrogen-bond donors (Lipinski definition) is 2. The van der Waals surface area contributed by atoms with Crippen LogP contribution < -0.4 is 10.6 Å². The largest absolute Gasteiger partial charge is 0.450 e. The molecule has 20 heavy (non-hydrogen) atoms. The van der Waals surface area contributed by atoms with Crippen molar-refractivity contribution in [3.05, 3.63) is 29.6 Å². The van der Waals surface area contributed by atoms with E-state index in [0.29, 0.717) is 12.3 Å². The number of anilines is 2. The number of hydrogen-bond acceptors (Lipinski definition) is 5. The van der Waals surface area contributed by atoms with Gasteiger partial charge in [0.15, 0.2) is 5.13 Å². The first-order valence-electron chi connectivity index (χ1n) is 5.90. The molecule has 0 saturated carbocycles. The van der Waals surface area contributed by atoms with Crippen molar-refractivity contribution in [2.45, 2.75) is 6.92 Å². The number of aromatic nitrogens is 1. The van der Waals surface area contributed by atoms with Crippen LogP contribution in [0, 0.1) is 0 Å². The van der Waals surface area contributed by atoms with E-state index in [1.807, 2.05) is 36.7 Å². The summed E-state index contributed by atoms with van der Waals surface area (Å²) in [6, 6.07) is 7.50. The lowest BCUT2D eigenvalue weighted by Gasteiger charge is -2.06. The van der Waals surface area contributed by atoms with Crippen LogP contribution >= 0.6 is 28.3 Å². The molecule has 2 rings (SSSR count). The first-order chi connectivity index (χ1) is 9.22. The molecule has 0 fully saturated rings. The van der Waals surface area contributed by atoms with Crippen molar-refractivity contribution in [3.8, 4) is 11.3 Å². The van der Waals surface area contributed by atoms with Crippen LogP contribution in [0.1, 0.15) is 6.92 Å². The quantitative estimate of drug-likeness (QED) is 0.867. The molecule has 1 amide bonds. The van der Waals surface area contributed by atoms with Gasteiger partial charge in [0.25, 0.3) is 0 Å². The molecule has 5 nitrogen and oxygen atoms in total. The lowest BCUT2D eigenvalue weighted by Crippen LogP contribution is -2.13. The van der Waals surface area contributed by atoms with E-state index >= 15 is 0 Å². The van der Waals surface area contributed by atoms with Gasteiger partial charge in [-0.1, -0.05) is 12.1 Å². The van der Waals surface area contributed by atoms with Gasteiger partial charge in [-0.05, 0) is 19.1 Å². The lowest BCUT2D eigenvalue weighted by molar-refractivity contribution is 0.168. The zero-order chi connectivity index (χ0) is 13.7. The maximum absolute atomic E-state index is 11.4. The Morgan fingerprint density at radius 3 is 2.90 bits per heavy atom.